The first-order valence-corrected chi connectivity index (χ1v) is 12.7. The van der Waals surface area contributed by atoms with Crippen molar-refractivity contribution in [3.8, 4) is 0 Å². The van der Waals surface area contributed by atoms with Crippen LogP contribution < -0.4 is 10.6 Å². The molecule has 0 saturated carbocycles. The number of hydrogen-bond acceptors (Lipinski definition) is 4. The summed E-state index contributed by atoms with van der Waals surface area (Å²) in [4.78, 5) is 26.1. The summed E-state index contributed by atoms with van der Waals surface area (Å²) in [6.07, 6.45) is 6.18. The molecule has 0 amide bonds. The van der Waals surface area contributed by atoms with Crippen LogP contribution in [-0.2, 0) is 19.1 Å². The van der Waals surface area contributed by atoms with Crippen LogP contribution in [0.1, 0.15) is 86.5 Å². The third kappa shape index (κ3) is 7.45. The Balaban J connectivity index is 1.95. The molecule has 2 atom stereocenters. The lowest BCUT2D eigenvalue weighted by atomic mass is 9.82. The molecule has 2 heterocycles. The Kier molecular flexibility index (Phi) is 9.81. The van der Waals surface area contributed by atoms with Crippen LogP contribution in [0.2, 0.25) is 0 Å². The van der Waals surface area contributed by atoms with Crippen molar-refractivity contribution in [1.29, 1.82) is 0 Å². The van der Waals surface area contributed by atoms with Gasteiger partial charge in [0.1, 0.15) is 11.2 Å². The second-order valence-corrected chi connectivity index (χ2v) is 10.8. The molecule has 0 aromatic heterocycles. The molecule has 0 aliphatic carbocycles. The monoisotopic (exact) mass is 440 g/mol. The van der Waals surface area contributed by atoms with Crippen molar-refractivity contribution in [3.05, 3.63) is 0 Å². The molecular weight excluding hydrogens is 392 g/mol. The lowest BCUT2D eigenvalue weighted by Gasteiger charge is -2.37. The van der Waals surface area contributed by atoms with E-state index in [0.717, 1.165) is 51.9 Å². The maximum atomic E-state index is 13.1. The maximum absolute atomic E-state index is 13.1. The number of carbonyl (C=O) groups excluding carboxylic acids is 2. The number of piperidine rings is 2. The van der Waals surface area contributed by atoms with Crippen LogP contribution in [0, 0.1) is 23.7 Å². The number of carbonyl (C=O) groups is 2. The molecule has 2 unspecified atom stereocenters. The summed E-state index contributed by atoms with van der Waals surface area (Å²) in [5.74, 6) is -0.0386. The van der Waals surface area contributed by atoms with Gasteiger partial charge < -0.3 is 20.1 Å². The quantitative estimate of drug-likeness (QED) is 0.509. The normalized spacial score (nSPS) is 21.4. The SMILES string of the molecule is CCC(CC(CC)C(=O)OC(C)(C)C1CC[NH2+]CC1)C(=O)OC(C)(C)C1CC[NH2+]CC1. The molecule has 2 saturated heterocycles. The predicted molar refractivity (Wildman–Crippen MR) is 121 cm³/mol. The molecule has 2 fully saturated rings. The van der Waals surface area contributed by atoms with Crippen molar-refractivity contribution in [2.75, 3.05) is 26.2 Å². The number of esters is 2. The standard InChI is InChI=1S/C25H46N2O4/c1-7-18(22(28)30-24(3,4)20-9-13-26-14-10-20)17-19(8-2)23(29)31-25(5,6)21-11-15-27-16-12-21/h18-21,26-27H,7-17H2,1-6H3/p+2. The van der Waals surface area contributed by atoms with Crippen LogP contribution in [0.15, 0.2) is 0 Å². The predicted octanol–water partition coefficient (Wildman–Crippen LogP) is 2.02. The molecule has 0 bridgehead atoms. The smallest absolute Gasteiger partial charge is 0.309 e. The Bertz CT molecular complexity index is 528. The summed E-state index contributed by atoms with van der Waals surface area (Å²) < 4.78 is 12.1. The molecule has 180 valence electrons. The fraction of sp³-hybridized carbons (Fsp3) is 0.920. The average Bonchev–Trinajstić information content (AvgIpc) is 2.75. The second-order valence-electron chi connectivity index (χ2n) is 10.8. The molecule has 2 aliphatic heterocycles. The van der Waals surface area contributed by atoms with Gasteiger partial charge in [-0.25, -0.2) is 0 Å². The van der Waals surface area contributed by atoms with Crippen molar-refractivity contribution < 1.29 is 29.7 Å². The number of hydrogen-bond donors (Lipinski definition) is 2. The molecule has 0 radical (unpaired) electrons. The highest BCUT2D eigenvalue weighted by atomic mass is 16.6. The first-order valence-electron chi connectivity index (χ1n) is 12.7. The van der Waals surface area contributed by atoms with Gasteiger partial charge in [0.25, 0.3) is 0 Å². The van der Waals surface area contributed by atoms with Gasteiger partial charge in [0, 0.05) is 37.5 Å². The van der Waals surface area contributed by atoms with Crippen LogP contribution in [0.5, 0.6) is 0 Å². The molecule has 31 heavy (non-hydrogen) atoms. The number of quaternary nitrogens is 2. The Labute approximate surface area is 189 Å². The van der Waals surface area contributed by atoms with Crippen molar-refractivity contribution in [2.24, 2.45) is 23.7 Å². The van der Waals surface area contributed by atoms with E-state index in [0.29, 0.717) is 31.1 Å². The van der Waals surface area contributed by atoms with Gasteiger partial charge in [0.2, 0.25) is 0 Å². The fourth-order valence-electron chi connectivity index (χ4n) is 5.30. The Morgan fingerprint density at radius 2 is 1.06 bits per heavy atom. The van der Waals surface area contributed by atoms with Crippen molar-refractivity contribution in [3.63, 3.8) is 0 Å². The topological polar surface area (TPSA) is 85.8 Å². The third-order valence-electron chi connectivity index (χ3n) is 7.79. The second kappa shape index (κ2) is 11.6. The van der Waals surface area contributed by atoms with E-state index in [9.17, 15) is 9.59 Å². The minimum absolute atomic E-state index is 0.157. The summed E-state index contributed by atoms with van der Waals surface area (Å²) in [6, 6.07) is 0. The van der Waals surface area contributed by atoms with Crippen LogP contribution in [-0.4, -0.2) is 49.3 Å². The lowest BCUT2D eigenvalue weighted by Crippen LogP contribution is -2.86. The van der Waals surface area contributed by atoms with E-state index in [-0.39, 0.29) is 23.8 Å². The van der Waals surface area contributed by atoms with Crippen LogP contribution in [0.4, 0.5) is 0 Å². The molecule has 4 N–H and O–H groups in total. The van der Waals surface area contributed by atoms with Crippen LogP contribution in [0.3, 0.4) is 0 Å². The highest BCUT2D eigenvalue weighted by Crippen LogP contribution is 2.33. The van der Waals surface area contributed by atoms with E-state index in [1.807, 2.05) is 41.5 Å². The summed E-state index contributed by atoms with van der Waals surface area (Å²) in [7, 11) is 0. The average molecular weight is 441 g/mol. The van der Waals surface area contributed by atoms with Gasteiger partial charge in [0.05, 0.1) is 38.0 Å². The molecule has 0 aromatic rings. The first kappa shape index (κ1) is 26.1. The summed E-state index contributed by atoms with van der Waals surface area (Å²) in [6.45, 7) is 16.6. The zero-order chi connectivity index (χ0) is 23.1. The van der Waals surface area contributed by atoms with E-state index in [4.69, 9.17) is 9.47 Å². The van der Waals surface area contributed by atoms with Crippen LogP contribution in [0.25, 0.3) is 0 Å². The molecule has 6 heteroatoms. The summed E-state index contributed by atoms with van der Waals surface area (Å²) in [5, 5.41) is 4.65. The minimum Gasteiger partial charge on any atom is -0.459 e. The van der Waals surface area contributed by atoms with Crippen molar-refractivity contribution >= 4 is 11.9 Å². The molecular formula is C25H48N2O4+2. The number of nitrogens with two attached hydrogens (primary N) is 2. The van der Waals surface area contributed by atoms with Gasteiger partial charge in [-0.1, -0.05) is 13.8 Å². The highest BCUT2D eigenvalue weighted by molar-refractivity contribution is 5.76. The largest absolute Gasteiger partial charge is 0.459 e. The summed E-state index contributed by atoms with van der Waals surface area (Å²) in [5.41, 5.74) is -0.915. The molecule has 0 aromatic carbocycles. The van der Waals surface area contributed by atoms with Gasteiger partial charge in [0.15, 0.2) is 0 Å². The zero-order valence-corrected chi connectivity index (χ0v) is 20.9. The fourth-order valence-corrected chi connectivity index (χ4v) is 5.30. The Hall–Kier alpha value is -1.14. The van der Waals surface area contributed by atoms with E-state index < -0.39 is 11.2 Å². The van der Waals surface area contributed by atoms with Gasteiger partial charge in [-0.2, -0.15) is 0 Å². The number of rotatable bonds is 10. The lowest BCUT2D eigenvalue weighted by molar-refractivity contribution is -0.666. The van der Waals surface area contributed by atoms with E-state index >= 15 is 0 Å². The highest BCUT2D eigenvalue weighted by Gasteiger charge is 2.39. The molecule has 2 aliphatic rings. The van der Waals surface area contributed by atoms with Gasteiger partial charge in [-0.15, -0.1) is 0 Å². The molecule has 0 spiro atoms. The first-order chi connectivity index (χ1) is 14.6. The van der Waals surface area contributed by atoms with Crippen LogP contribution >= 0.6 is 0 Å². The van der Waals surface area contributed by atoms with Crippen molar-refractivity contribution in [2.45, 2.75) is 97.7 Å². The molecule has 6 nitrogen and oxygen atoms in total. The van der Waals surface area contributed by atoms with Gasteiger partial charge in [-0.05, 0) is 47.0 Å². The third-order valence-corrected chi connectivity index (χ3v) is 7.79. The minimum atomic E-state index is -0.457. The van der Waals surface area contributed by atoms with Gasteiger partial charge >= 0.3 is 11.9 Å². The van der Waals surface area contributed by atoms with E-state index in [2.05, 4.69) is 10.6 Å². The maximum Gasteiger partial charge on any atom is 0.309 e. The van der Waals surface area contributed by atoms with Crippen molar-refractivity contribution in [1.82, 2.24) is 0 Å². The summed E-state index contributed by atoms with van der Waals surface area (Å²) >= 11 is 0. The Morgan fingerprint density at radius 3 is 1.35 bits per heavy atom. The van der Waals surface area contributed by atoms with E-state index in [1.54, 1.807) is 0 Å². The number of ether oxygens (including phenoxy) is 2. The molecule has 2 rings (SSSR count). The zero-order valence-electron chi connectivity index (χ0n) is 20.9. The van der Waals surface area contributed by atoms with E-state index in [1.165, 1.54) is 0 Å². The van der Waals surface area contributed by atoms with Gasteiger partial charge in [-0.3, -0.25) is 9.59 Å². The Morgan fingerprint density at radius 1 is 0.742 bits per heavy atom.